The molecule has 1 aromatic carbocycles. The van der Waals surface area contributed by atoms with Crippen LogP contribution in [0.5, 0.6) is 5.75 Å². The second kappa shape index (κ2) is 5.92. The first-order valence-corrected chi connectivity index (χ1v) is 5.17. The van der Waals surface area contributed by atoms with Crippen LogP contribution in [0.2, 0.25) is 0 Å². The average molecular weight is 265 g/mol. The van der Waals surface area contributed by atoms with Crippen LogP contribution < -0.4 is 9.64 Å². The van der Waals surface area contributed by atoms with Crippen molar-refractivity contribution in [1.82, 2.24) is 0 Å². The number of alkyl halides is 3. The lowest BCUT2D eigenvalue weighted by Crippen LogP contribution is -2.31. The largest absolute Gasteiger partial charge is 0.573 e. The molecule has 102 valence electrons. The number of likely N-dealkylation sites (N-methyl/N-ethyl adjacent to an activating group) is 1. The Labute approximate surface area is 102 Å². The van der Waals surface area contributed by atoms with Crippen molar-refractivity contribution in [1.29, 1.82) is 0 Å². The van der Waals surface area contributed by atoms with Crippen LogP contribution in [-0.2, 0) is 0 Å². The molecule has 0 bridgehead atoms. The Morgan fingerprint density at radius 1 is 1.39 bits per heavy atom. The number of rotatable bonds is 5. The lowest BCUT2D eigenvalue weighted by Gasteiger charge is -2.22. The molecule has 1 rings (SSSR count). The summed E-state index contributed by atoms with van der Waals surface area (Å²) >= 11 is 0. The summed E-state index contributed by atoms with van der Waals surface area (Å²) in [4.78, 5) is 1.52. The second-order valence-electron chi connectivity index (χ2n) is 3.76. The van der Waals surface area contributed by atoms with E-state index < -0.39 is 19.1 Å². The highest BCUT2D eigenvalue weighted by Gasteiger charge is 2.31. The van der Waals surface area contributed by atoms with Gasteiger partial charge in [-0.15, -0.1) is 13.2 Å². The summed E-state index contributed by atoms with van der Waals surface area (Å²) < 4.78 is 39.9. The summed E-state index contributed by atoms with van der Waals surface area (Å²) in [7, 11) is 1.59. The van der Waals surface area contributed by atoms with Gasteiger partial charge < -0.3 is 19.8 Å². The topological polar surface area (TPSA) is 52.9 Å². The van der Waals surface area contributed by atoms with E-state index in [1.54, 1.807) is 13.1 Å². The molecule has 0 aromatic heterocycles. The van der Waals surface area contributed by atoms with Gasteiger partial charge >= 0.3 is 6.36 Å². The molecule has 0 spiro atoms. The van der Waals surface area contributed by atoms with E-state index in [-0.39, 0.29) is 12.3 Å². The quantitative estimate of drug-likeness (QED) is 0.844. The van der Waals surface area contributed by atoms with Crippen LogP contribution in [0.1, 0.15) is 0 Å². The zero-order chi connectivity index (χ0) is 13.8. The number of halogens is 3. The van der Waals surface area contributed by atoms with Gasteiger partial charge in [0.2, 0.25) is 0 Å². The number of nitrogens with zero attached hydrogens (tertiary/aromatic N) is 1. The molecule has 4 nitrogen and oxygen atoms in total. The predicted molar refractivity (Wildman–Crippen MR) is 59.5 cm³/mol. The van der Waals surface area contributed by atoms with Crippen LogP contribution in [-0.4, -0.2) is 42.9 Å². The van der Waals surface area contributed by atoms with Crippen LogP contribution in [0.4, 0.5) is 18.9 Å². The third-order valence-electron chi connectivity index (χ3n) is 2.19. The number of aliphatic hydroxyl groups is 2. The fraction of sp³-hybridized carbons (Fsp3) is 0.455. The van der Waals surface area contributed by atoms with Crippen LogP contribution >= 0.6 is 0 Å². The normalized spacial score (nSPS) is 13.2. The SMILES string of the molecule is CN(CC(O)CO)c1cccc(OC(F)(F)F)c1. The number of anilines is 1. The molecule has 0 radical (unpaired) electrons. The summed E-state index contributed by atoms with van der Waals surface area (Å²) in [6.07, 6.45) is -5.69. The first-order chi connectivity index (χ1) is 8.31. The van der Waals surface area contributed by atoms with E-state index in [9.17, 15) is 18.3 Å². The summed E-state index contributed by atoms with van der Waals surface area (Å²) in [6, 6.07) is 5.39. The molecule has 1 atom stereocenters. The van der Waals surface area contributed by atoms with E-state index in [1.807, 2.05) is 0 Å². The van der Waals surface area contributed by atoms with Crippen molar-refractivity contribution < 1.29 is 28.1 Å². The molecular weight excluding hydrogens is 251 g/mol. The molecule has 0 saturated heterocycles. The summed E-state index contributed by atoms with van der Waals surface area (Å²) in [5, 5.41) is 17.9. The highest BCUT2D eigenvalue weighted by molar-refractivity contribution is 5.50. The number of benzene rings is 1. The highest BCUT2D eigenvalue weighted by atomic mass is 19.4. The Balaban J connectivity index is 2.75. The van der Waals surface area contributed by atoms with Gasteiger partial charge in [-0.1, -0.05) is 6.07 Å². The minimum absolute atomic E-state index is 0.103. The number of aliphatic hydroxyl groups excluding tert-OH is 2. The molecule has 0 heterocycles. The highest BCUT2D eigenvalue weighted by Crippen LogP contribution is 2.26. The van der Waals surface area contributed by atoms with Gasteiger partial charge in [0, 0.05) is 25.3 Å². The lowest BCUT2D eigenvalue weighted by atomic mass is 10.2. The third kappa shape index (κ3) is 4.80. The van der Waals surface area contributed by atoms with E-state index in [4.69, 9.17) is 5.11 Å². The van der Waals surface area contributed by atoms with E-state index >= 15 is 0 Å². The van der Waals surface area contributed by atoms with Gasteiger partial charge in [0.25, 0.3) is 0 Å². The molecule has 0 aliphatic heterocycles. The molecule has 1 unspecified atom stereocenters. The first kappa shape index (κ1) is 14.6. The van der Waals surface area contributed by atoms with Crippen LogP contribution in [0.3, 0.4) is 0 Å². The minimum atomic E-state index is -4.73. The zero-order valence-corrected chi connectivity index (χ0v) is 9.68. The molecule has 7 heteroatoms. The molecule has 0 aliphatic carbocycles. The third-order valence-corrected chi connectivity index (χ3v) is 2.19. The maximum Gasteiger partial charge on any atom is 0.573 e. The van der Waals surface area contributed by atoms with Crippen molar-refractivity contribution in [2.24, 2.45) is 0 Å². The number of ether oxygens (including phenoxy) is 1. The zero-order valence-electron chi connectivity index (χ0n) is 9.68. The monoisotopic (exact) mass is 265 g/mol. The fourth-order valence-electron chi connectivity index (χ4n) is 1.40. The molecule has 0 fully saturated rings. The van der Waals surface area contributed by atoms with E-state index in [0.717, 1.165) is 0 Å². The second-order valence-corrected chi connectivity index (χ2v) is 3.76. The van der Waals surface area contributed by atoms with E-state index in [0.29, 0.717) is 5.69 Å². The summed E-state index contributed by atoms with van der Waals surface area (Å²) in [5.74, 6) is -0.328. The Kier molecular flexibility index (Phi) is 4.80. The molecule has 18 heavy (non-hydrogen) atoms. The summed E-state index contributed by atoms with van der Waals surface area (Å²) in [5.41, 5.74) is 0.448. The van der Waals surface area contributed by atoms with Crippen LogP contribution in [0, 0.1) is 0 Å². The van der Waals surface area contributed by atoms with Crippen molar-refractivity contribution in [2.45, 2.75) is 12.5 Å². The molecule has 2 N–H and O–H groups in total. The van der Waals surface area contributed by atoms with Gasteiger partial charge in [-0.2, -0.15) is 0 Å². The minimum Gasteiger partial charge on any atom is -0.406 e. The van der Waals surface area contributed by atoms with Gasteiger partial charge in [0.15, 0.2) is 0 Å². The Morgan fingerprint density at radius 3 is 2.61 bits per heavy atom. The molecule has 0 saturated carbocycles. The van der Waals surface area contributed by atoms with Gasteiger partial charge in [0.1, 0.15) is 5.75 Å². The first-order valence-electron chi connectivity index (χ1n) is 5.17. The van der Waals surface area contributed by atoms with Crippen molar-refractivity contribution in [3.63, 3.8) is 0 Å². The fourth-order valence-corrected chi connectivity index (χ4v) is 1.40. The van der Waals surface area contributed by atoms with Crippen LogP contribution in [0.15, 0.2) is 24.3 Å². The van der Waals surface area contributed by atoms with E-state index in [2.05, 4.69) is 4.74 Å². The maximum atomic E-state index is 12.0. The smallest absolute Gasteiger partial charge is 0.406 e. The molecule has 0 amide bonds. The average Bonchev–Trinajstić information content (AvgIpc) is 2.26. The van der Waals surface area contributed by atoms with Gasteiger partial charge in [-0.05, 0) is 12.1 Å². The summed E-state index contributed by atoms with van der Waals surface area (Å²) in [6.45, 7) is -0.310. The Hall–Kier alpha value is -1.47. The Morgan fingerprint density at radius 2 is 2.06 bits per heavy atom. The van der Waals surface area contributed by atoms with E-state index in [1.165, 1.54) is 23.1 Å². The van der Waals surface area contributed by atoms with Gasteiger partial charge in [-0.3, -0.25) is 0 Å². The standard InChI is InChI=1S/C11H14F3NO3/c1-15(6-9(17)7-16)8-3-2-4-10(5-8)18-11(12,13)14/h2-5,9,16-17H,6-7H2,1H3. The number of hydrogen-bond acceptors (Lipinski definition) is 4. The molecular formula is C11H14F3NO3. The molecule has 0 aliphatic rings. The maximum absolute atomic E-state index is 12.0. The van der Waals surface area contributed by atoms with Crippen molar-refractivity contribution in [3.05, 3.63) is 24.3 Å². The van der Waals surface area contributed by atoms with Crippen molar-refractivity contribution in [2.75, 3.05) is 25.1 Å². The van der Waals surface area contributed by atoms with Gasteiger partial charge in [0.05, 0.1) is 12.7 Å². The van der Waals surface area contributed by atoms with Crippen molar-refractivity contribution >= 4 is 5.69 Å². The van der Waals surface area contributed by atoms with Crippen molar-refractivity contribution in [3.8, 4) is 5.75 Å². The van der Waals surface area contributed by atoms with Crippen LogP contribution in [0.25, 0.3) is 0 Å². The molecule has 1 aromatic rings. The predicted octanol–water partition coefficient (Wildman–Crippen LogP) is 1.37. The van der Waals surface area contributed by atoms with Gasteiger partial charge in [-0.25, -0.2) is 0 Å². The Bertz CT molecular complexity index is 384. The lowest BCUT2D eigenvalue weighted by molar-refractivity contribution is -0.274. The number of hydrogen-bond donors (Lipinski definition) is 2.